The predicted octanol–water partition coefficient (Wildman–Crippen LogP) is 4.48. The first-order valence-electron chi connectivity index (χ1n) is 8.50. The number of benzene rings is 2. The van der Waals surface area contributed by atoms with Gasteiger partial charge < -0.3 is 5.11 Å². The van der Waals surface area contributed by atoms with E-state index in [1.165, 1.54) is 5.56 Å². The van der Waals surface area contributed by atoms with Crippen molar-refractivity contribution in [2.24, 2.45) is 5.10 Å². The topological polar surface area (TPSA) is 35.8 Å². The highest BCUT2D eigenvalue weighted by Crippen LogP contribution is 2.25. The number of hydrazone groups is 1. The van der Waals surface area contributed by atoms with E-state index in [1.807, 2.05) is 53.7 Å². The van der Waals surface area contributed by atoms with E-state index in [2.05, 4.69) is 12.1 Å². The lowest BCUT2D eigenvalue weighted by Crippen LogP contribution is -2.42. The van der Waals surface area contributed by atoms with Gasteiger partial charge in [0.05, 0.1) is 24.9 Å². The van der Waals surface area contributed by atoms with Crippen LogP contribution in [0.2, 0.25) is 5.02 Å². The first-order chi connectivity index (χ1) is 11.7. The van der Waals surface area contributed by atoms with E-state index in [0.29, 0.717) is 6.54 Å². The predicted molar refractivity (Wildman–Crippen MR) is 99.3 cm³/mol. The van der Waals surface area contributed by atoms with E-state index >= 15 is 0 Å². The van der Waals surface area contributed by atoms with Gasteiger partial charge in [-0.05, 0) is 36.1 Å². The van der Waals surface area contributed by atoms with Gasteiger partial charge in [0, 0.05) is 5.02 Å². The second kappa shape index (κ2) is 8.32. The van der Waals surface area contributed by atoms with Crippen molar-refractivity contribution in [3.05, 3.63) is 70.7 Å². The monoisotopic (exact) mass is 342 g/mol. The summed E-state index contributed by atoms with van der Waals surface area (Å²) in [4.78, 5) is 0. The van der Waals surface area contributed by atoms with Crippen molar-refractivity contribution in [3.63, 3.8) is 0 Å². The highest BCUT2D eigenvalue weighted by atomic mass is 35.5. The minimum atomic E-state index is -0.315. The first kappa shape index (κ1) is 17.0. The van der Waals surface area contributed by atoms with Crippen LogP contribution in [0.5, 0.6) is 0 Å². The zero-order valence-corrected chi connectivity index (χ0v) is 14.4. The van der Waals surface area contributed by atoms with E-state index in [0.717, 1.165) is 36.3 Å². The summed E-state index contributed by atoms with van der Waals surface area (Å²) in [5.74, 6) is 0. The molecule has 3 nitrogen and oxygen atoms in total. The van der Waals surface area contributed by atoms with Crippen molar-refractivity contribution in [1.29, 1.82) is 0 Å². The molecule has 1 fully saturated rings. The summed E-state index contributed by atoms with van der Waals surface area (Å²) in [6.45, 7) is 0.701. The number of aliphatic hydroxyl groups is 1. The molecule has 3 rings (SSSR count). The summed E-state index contributed by atoms with van der Waals surface area (Å²) < 4.78 is 0. The Balaban J connectivity index is 1.79. The molecule has 1 aliphatic rings. The van der Waals surface area contributed by atoms with Crippen molar-refractivity contribution in [3.8, 4) is 0 Å². The van der Waals surface area contributed by atoms with Crippen LogP contribution in [0.4, 0.5) is 0 Å². The summed E-state index contributed by atoms with van der Waals surface area (Å²) in [5, 5.41) is 17.9. The van der Waals surface area contributed by atoms with E-state index in [9.17, 15) is 5.11 Å². The fraction of sp³-hybridized carbons (Fsp3) is 0.350. The molecule has 0 saturated heterocycles. The fourth-order valence-electron chi connectivity index (χ4n) is 3.14. The van der Waals surface area contributed by atoms with Gasteiger partial charge in [0.25, 0.3) is 0 Å². The number of hydrogen-bond acceptors (Lipinski definition) is 3. The highest BCUT2D eigenvalue weighted by molar-refractivity contribution is 6.30. The zero-order chi connectivity index (χ0) is 16.8. The Morgan fingerprint density at radius 1 is 1.04 bits per heavy atom. The van der Waals surface area contributed by atoms with Crippen LogP contribution in [0.1, 0.15) is 36.8 Å². The third-order valence-corrected chi connectivity index (χ3v) is 4.74. The molecule has 0 unspecified atom stereocenters. The SMILES string of the molecule is O[C@@H]1CCCC[C@H]1N(Cc1ccccc1)/N=C/c1ccc(Cl)cc1. The summed E-state index contributed by atoms with van der Waals surface area (Å²) in [7, 11) is 0. The maximum atomic E-state index is 10.4. The summed E-state index contributed by atoms with van der Waals surface area (Å²) in [5.41, 5.74) is 2.20. The van der Waals surface area contributed by atoms with Gasteiger partial charge in [-0.15, -0.1) is 0 Å². The minimum absolute atomic E-state index is 0.0718. The summed E-state index contributed by atoms with van der Waals surface area (Å²) >= 11 is 5.93. The Kier molecular flexibility index (Phi) is 5.89. The number of aliphatic hydroxyl groups excluding tert-OH is 1. The molecule has 2 aromatic rings. The van der Waals surface area contributed by atoms with Crippen LogP contribution < -0.4 is 0 Å². The van der Waals surface area contributed by atoms with Crippen LogP contribution >= 0.6 is 11.6 Å². The number of halogens is 1. The Morgan fingerprint density at radius 2 is 1.75 bits per heavy atom. The Bertz CT molecular complexity index is 657. The average Bonchev–Trinajstić information content (AvgIpc) is 2.61. The molecule has 0 aromatic heterocycles. The normalized spacial score (nSPS) is 21.1. The van der Waals surface area contributed by atoms with Crippen LogP contribution in [-0.2, 0) is 6.54 Å². The van der Waals surface area contributed by atoms with Crippen molar-refractivity contribution in [2.75, 3.05) is 0 Å². The van der Waals surface area contributed by atoms with Gasteiger partial charge in [-0.1, -0.05) is 66.9 Å². The van der Waals surface area contributed by atoms with Crippen LogP contribution in [-0.4, -0.2) is 28.5 Å². The van der Waals surface area contributed by atoms with E-state index in [-0.39, 0.29) is 12.1 Å². The molecule has 0 bridgehead atoms. The minimum Gasteiger partial charge on any atom is -0.391 e. The van der Waals surface area contributed by atoms with Crippen LogP contribution in [0.15, 0.2) is 59.7 Å². The Morgan fingerprint density at radius 3 is 2.46 bits per heavy atom. The second-order valence-corrected chi connectivity index (χ2v) is 6.73. The molecule has 24 heavy (non-hydrogen) atoms. The molecule has 126 valence electrons. The van der Waals surface area contributed by atoms with Gasteiger partial charge in [-0.2, -0.15) is 5.10 Å². The Labute approximate surface area is 148 Å². The van der Waals surface area contributed by atoms with Crippen LogP contribution in [0, 0.1) is 0 Å². The molecule has 4 heteroatoms. The van der Waals surface area contributed by atoms with E-state index in [4.69, 9.17) is 16.7 Å². The lowest BCUT2D eigenvalue weighted by molar-refractivity contribution is 0.0173. The van der Waals surface area contributed by atoms with Crippen molar-refractivity contribution >= 4 is 17.8 Å². The van der Waals surface area contributed by atoms with Crippen molar-refractivity contribution in [1.82, 2.24) is 5.01 Å². The zero-order valence-electron chi connectivity index (χ0n) is 13.7. The van der Waals surface area contributed by atoms with Crippen molar-refractivity contribution < 1.29 is 5.11 Å². The largest absolute Gasteiger partial charge is 0.391 e. The van der Waals surface area contributed by atoms with E-state index < -0.39 is 0 Å². The summed E-state index contributed by atoms with van der Waals surface area (Å²) in [6.07, 6.45) is 5.60. The van der Waals surface area contributed by atoms with Crippen LogP contribution in [0.3, 0.4) is 0 Å². The summed E-state index contributed by atoms with van der Waals surface area (Å²) in [6, 6.07) is 18.0. The molecular weight excluding hydrogens is 320 g/mol. The lowest BCUT2D eigenvalue weighted by atomic mass is 9.92. The standard InChI is InChI=1S/C20H23ClN2O/c21-18-12-10-16(11-13-18)14-22-23(15-17-6-2-1-3-7-17)19-8-4-5-9-20(19)24/h1-3,6-7,10-14,19-20,24H,4-5,8-9,15H2/b22-14+/t19-,20-/m1/s1. The Hall–Kier alpha value is -1.84. The maximum absolute atomic E-state index is 10.4. The van der Waals surface area contributed by atoms with Gasteiger partial charge in [-0.25, -0.2) is 0 Å². The number of rotatable bonds is 5. The van der Waals surface area contributed by atoms with Gasteiger partial charge >= 0.3 is 0 Å². The molecular formula is C20H23ClN2O. The van der Waals surface area contributed by atoms with Crippen molar-refractivity contribution in [2.45, 2.75) is 44.4 Å². The van der Waals surface area contributed by atoms with E-state index in [1.54, 1.807) is 0 Å². The quantitative estimate of drug-likeness (QED) is 0.642. The first-order valence-corrected chi connectivity index (χ1v) is 8.88. The molecule has 0 spiro atoms. The van der Waals surface area contributed by atoms with Gasteiger partial charge in [0.2, 0.25) is 0 Å². The third-order valence-electron chi connectivity index (χ3n) is 4.49. The molecule has 0 aliphatic heterocycles. The molecule has 2 atom stereocenters. The third kappa shape index (κ3) is 4.59. The highest BCUT2D eigenvalue weighted by Gasteiger charge is 2.28. The molecule has 2 aromatic carbocycles. The molecule has 0 radical (unpaired) electrons. The molecule has 0 amide bonds. The van der Waals surface area contributed by atoms with Crippen LogP contribution in [0.25, 0.3) is 0 Å². The van der Waals surface area contributed by atoms with Gasteiger partial charge in [-0.3, -0.25) is 5.01 Å². The molecule has 1 N–H and O–H groups in total. The average molecular weight is 343 g/mol. The number of hydrogen-bond donors (Lipinski definition) is 1. The second-order valence-electron chi connectivity index (χ2n) is 6.30. The van der Waals surface area contributed by atoms with Gasteiger partial charge in [0.15, 0.2) is 0 Å². The number of nitrogens with zero attached hydrogens (tertiary/aromatic N) is 2. The molecule has 0 heterocycles. The maximum Gasteiger partial charge on any atom is 0.0760 e. The fourth-order valence-corrected chi connectivity index (χ4v) is 3.27. The smallest absolute Gasteiger partial charge is 0.0760 e. The lowest BCUT2D eigenvalue weighted by Gasteiger charge is -2.35. The molecule has 1 aliphatic carbocycles. The van der Waals surface area contributed by atoms with Gasteiger partial charge in [0.1, 0.15) is 0 Å². The molecule has 1 saturated carbocycles.